The van der Waals surface area contributed by atoms with Gasteiger partial charge in [0.1, 0.15) is 6.10 Å². The number of hydrogen-bond donors (Lipinski definition) is 2. The molecular weight excluding hydrogens is 360 g/mol. The van der Waals surface area contributed by atoms with Crippen LogP contribution >= 0.6 is 22.7 Å². The Balaban J connectivity index is 1.60. The normalized spacial score (nSPS) is 11.9. The minimum absolute atomic E-state index is 0.0537. The van der Waals surface area contributed by atoms with Crippen LogP contribution in [0.1, 0.15) is 31.1 Å². The summed E-state index contributed by atoms with van der Waals surface area (Å²) in [7, 11) is 0. The van der Waals surface area contributed by atoms with Gasteiger partial charge in [-0.3, -0.25) is 14.9 Å². The third kappa shape index (κ3) is 4.11. The van der Waals surface area contributed by atoms with Crippen molar-refractivity contribution >= 4 is 34.3 Å². The van der Waals surface area contributed by atoms with Crippen molar-refractivity contribution in [3.05, 3.63) is 84.2 Å². The molecule has 0 radical (unpaired) electrons. The van der Waals surface area contributed by atoms with Crippen molar-refractivity contribution < 1.29 is 14.8 Å². The summed E-state index contributed by atoms with van der Waals surface area (Å²) in [5, 5.41) is 25.6. The van der Waals surface area contributed by atoms with Crippen molar-refractivity contribution in [2.45, 2.75) is 12.6 Å². The predicted octanol–water partition coefficient (Wildman–Crippen LogP) is 3.73. The van der Waals surface area contributed by atoms with Gasteiger partial charge in [0.25, 0.3) is 11.6 Å². The average molecular weight is 374 g/mol. The number of nitrogens with zero attached hydrogens (tertiary/aromatic N) is 1. The molecule has 1 atom stereocenters. The van der Waals surface area contributed by atoms with Gasteiger partial charge in [0.2, 0.25) is 0 Å². The van der Waals surface area contributed by atoms with Crippen molar-refractivity contribution in [2.75, 3.05) is 0 Å². The highest BCUT2D eigenvalue weighted by atomic mass is 32.1. The number of nitro groups is 1. The maximum atomic E-state index is 12.1. The van der Waals surface area contributed by atoms with E-state index >= 15 is 0 Å². The third-order valence-corrected chi connectivity index (χ3v) is 5.59. The molecule has 1 unspecified atom stereocenters. The first kappa shape index (κ1) is 17.3. The van der Waals surface area contributed by atoms with Crippen LogP contribution in [0.25, 0.3) is 0 Å². The summed E-state index contributed by atoms with van der Waals surface area (Å²) >= 11 is 2.93. The number of aliphatic hydroxyl groups excluding tert-OH is 1. The monoisotopic (exact) mass is 374 g/mol. The van der Waals surface area contributed by atoms with Gasteiger partial charge in [0.05, 0.1) is 11.5 Å². The van der Waals surface area contributed by atoms with Crippen molar-refractivity contribution in [3.63, 3.8) is 0 Å². The molecule has 1 aromatic carbocycles. The molecule has 6 nitrogen and oxygen atoms in total. The topological polar surface area (TPSA) is 92.5 Å². The smallest absolute Gasteiger partial charge is 0.269 e. The molecule has 0 aliphatic rings. The number of non-ortho nitro benzene ring substituents is 1. The first-order chi connectivity index (χ1) is 12.0. The van der Waals surface area contributed by atoms with Crippen molar-refractivity contribution in [2.24, 2.45) is 0 Å². The molecule has 0 saturated carbocycles. The van der Waals surface area contributed by atoms with Gasteiger partial charge in [-0.1, -0.05) is 6.07 Å². The Morgan fingerprint density at radius 2 is 1.92 bits per heavy atom. The highest BCUT2D eigenvalue weighted by Gasteiger charge is 2.14. The quantitative estimate of drug-likeness (QED) is 0.508. The summed E-state index contributed by atoms with van der Waals surface area (Å²) in [6, 6.07) is 12.9. The molecule has 3 aromatic rings. The Morgan fingerprint density at radius 3 is 2.56 bits per heavy atom. The third-order valence-electron chi connectivity index (χ3n) is 3.53. The first-order valence-electron chi connectivity index (χ1n) is 7.37. The molecule has 2 aromatic heterocycles. The second-order valence-electron chi connectivity index (χ2n) is 5.21. The molecule has 8 heteroatoms. The number of nitro benzene ring substituents is 1. The van der Waals surface area contributed by atoms with E-state index in [0.29, 0.717) is 12.1 Å². The minimum atomic E-state index is -0.649. The second kappa shape index (κ2) is 7.56. The lowest BCUT2D eigenvalue weighted by atomic mass is 10.2. The molecule has 25 heavy (non-hydrogen) atoms. The molecule has 0 aliphatic carbocycles. The lowest BCUT2D eigenvalue weighted by molar-refractivity contribution is -0.384. The predicted molar refractivity (Wildman–Crippen MR) is 97.0 cm³/mol. The second-order valence-corrected chi connectivity index (χ2v) is 7.39. The molecule has 0 fully saturated rings. The summed E-state index contributed by atoms with van der Waals surface area (Å²) < 4.78 is 0. The Morgan fingerprint density at radius 1 is 1.16 bits per heavy atom. The van der Waals surface area contributed by atoms with Crippen LogP contribution in [0.15, 0.2) is 53.9 Å². The fourth-order valence-corrected chi connectivity index (χ4v) is 3.99. The van der Waals surface area contributed by atoms with Gasteiger partial charge in [-0.25, -0.2) is 0 Å². The van der Waals surface area contributed by atoms with Crippen molar-refractivity contribution in [3.8, 4) is 0 Å². The van der Waals surface area contributed by atoms with E-state index in [9.17, 15) is 20.0 Å². The molecule has 0 saturated heterocycles. The maximum Gasteiger partial charge on any atom is 0.269 e. The fraction of sp³-hybridized carbons (Fsp3) is 0.118. The van der Waals surface area contributed by atoms with Gasteiger partial charge in [-0.05, 0) is 35.7 Å². The molecule has 3 rings (SSSR count). The summed E-state index contributed by atoms with van der Waals surface area (Å²) in [5.41, 5.74) is 0.308. The lowest BCUT2D eigenvalue weighted by Crippen LogP contribution is -2.22. The number of thiophene rings is 2. The zero-order chi connectivity index (χ0) is 17.8. The van der Waals surface area contributed by atoms with Crippen LogP contribution in [-0.4, -0.2) is 15.9 Å². The Bertz CT molecular complexity index is 872. The Kier molecular flexibility index (Phi) is 5.22. The van der Waals surface area contributed by atoms with Crippen LogP contribution in [0, 0.1) is 10.1 Å². The summed E-state index contributed by atoms with van der Waals surface area (Å²) in [6.07, 6.45) is -0.649. The SMILES string of the molecule is O=C(NCc1ccc(C(O)c2cccs2)s1)c1ccc([N+](=O)[O-])cc1. The number of rotatable bonds is 6. The summed E-state index contributed by atoms with van der Waals surface area (Å²) in [5.74, 6) is -0.302. The van der Waals surface area contributed by atoms with Crippen LogP contribution in [0.5, 0.6) is 0 Å². The number of hydrogen-bond acceptors (Lipinski definition) is 6. The van der Waals surface area contributed by atoms with E-state index in [0.717, 1.165) is 14.6 Å². The van der Waals surface area contributed by atoms with E-state index in [1.807, 2.05) is 29.6 Å². The standard InChI is InChI=1S/C17H14N2O4S2/c20-16(14-2-1-9-24-14)15-8-7-13(25-15)10-18-17(21)11-3-5-12(6-4-11)19(22)23/h1-9,16,20H,10H2,(H,18,21). The largest absolute Gasteiger partial charge is 0.382 e. The highest BCUT2D eigenvalue weighted by molar-refractivity contribution is 7.12. The number of amides is 1. The molecule has 128 valence electrons. The molecule has 2 heterocycles. The van der Waals surface area contributed by atoms with Crippen LogP contribution in [0.2, 0.25) is 0 Å². The number of aliphatic hydroxyl groups is 1. The minimum Gasteiger partial charge on any atom is -0.382 e. The van der Waals surface area contributed by atoms with Gasteiger partial charge in [0.15, 0.2) is 0 Å². The molecular formula is C17H14N2O4S2. The Labute approximate surface area is 151 Å². The van der Waals surface area contributed by atoms with Crippen molar-refractivity contribution in [1.82, 2.24) is 5.32 Å². The zero-order valence-electron chi connectivity index (χ0n) is 12.9. The van der Waals surface area contributed by atoms with E-state index in [1.54, 1.807) is 0 Å². The first-order valence-corrected chi connectivity index (χ1v) is 9.07. The van der Waals surface area contributed by atoms with Gasteiger partial charge in [-0.2, -0.15) is 0 Å². The van der Waals surface area contributed by atoms with Crippen molar-refractivity contribution in [1.29, 1.82) is 0 Å². The highest BCUT2D eigenvalue weighted by Crippen LogP contribution is 2.30. The molecule has 1 amide bonds. The maximum absolute atomic E-state index is 12.1. The van der Waals surface area contributed by atoms with E-state index in [1.165, 1.54) is 46.9 Å². The number of carbonyl (C=O) groups is 1. The van der Waals surface area contributed by atoms with Crippen LogP contribution in [0.4, 0.5) is 5.69 Å². The van der Waals surface area contributed by atoms with Gasteiger partial charge in [0, 0.05) is 32.3 Å². The average Bonchev–Trinajstić information content (AvgIpc) is 3.31. The van der Waals surface area contributed by atoms with Gasteiger partial charge >= 0.3 is 0 Å². The summed E-state index contributed by atoms with van der Waals surface area (Å²) in [6.45, 7) is 0.331. The number of nitrogens with one attached hydrogen (secondary N) is 1. The Hall–Kier alpha value is -2.55. The van der Waals surface area contributed by atoms with E-state index in [2.05, 4.69) is 5.32 Å². The molecule has 0 bridgehead atoms. The molecule has 2 N–H and O–H groups in total. The van der Waals surface area contributed by atoms with E-state index in [-0.39, 0.29) is 11.6 Å². The van der Waals surface area contributed by atoms with Gasteiger partial charge < -0.3 is 10.4 Å². The van der Waals surface area contributed by atoms with E-state index < -0.39 is 11.0 Å². The fourth-order valence-electron chi connectivity index (χ4n) is 2.23. The molecule has 0 aliphatic heterocycles. The van der Waals surface area contributed by atoms with Gasteiger partial charge in [-0.15, -0.1) is 22.7 Å². The zero-order valence-corrected chi connectivity index (χ0v) is 14.5. The lowest BCUT2D eigenvalue weighted by Gasteiger charge is -2.05. The van der Waals surface area contributed by atoms with Crippen LogP contribution in [-0.2, 0) is 6.54 Å². The summed E-state index contributed by atoms with van der Waals surface area (Å²) in [4.78, 5) is 24.8. The van der Waals surface area contributed by atoms with Crippen LogP contribution < -0.4 is 5.32 Å². The molecule has 0 spiro atoms. The number of benzene rings is 1. The van der Waals surface area contributed by atoms with Crippen LogP contribution in [0.3, 0.4) is 0 Å². The van der Waals surface area contributed by atoms with E-state index in [4.69, 9.17) is 0 Å². The number of carbonyl (C=O) groups excluding carboxylic acids is 1.